The number of aliphatic hydroxyl groups is 1. The third-order valence-corrected chi connectivity index (χ3v) is 4.40. The molecule has 20 heavy (non-hydrogen) atoms. The van der Waals surface area contributed by atoms with Gasteiger partial charge in [0.05, 0.1) is 13.2 Å². The van der Waals surface area contributed by atoms with E-state index in [0.717, 1.165) is 17.9 Å². The van der Waals surface area contributed by atoms with Crippen molar-refractivity contribution in [2.24, 2.45) is 0 Å². The summed E-state index contributed by atoms with van der Waals surface area (Å²) in [5, 5.41) is 9.74. The zero-order chi connectivity index (χ0) is 14.5. The van der Waals surface area contributed by atoms with Crippen LogP contribution in [0, 0.1) is 0 Å². The number of hydrogen-bond acceptors (Lipinski definition) is 3. The van der Waals surface area contributed by atoms with E-state index >= 15 is 0 Å². The van der Waals surface area contributed by atoms with Crippen molar-refractivity contribution in [2.45, 2.75) is 57.7 Å². The molecule has 1 aromatic carbocycles. The molecule has 0 amide bonds. The Bertz CT molecular complexity index is 425. The number of nitrogens with zero attached hydrogens (tertiary/aromatic N) is 1. The molecule has 2 rings (SSSR count). The first kappa shape index (κ1) is 15.3. The molecule has 0 saturated heterocycles. The Morgan fingerprint density at radius 1 is 1.30 bits per heavy atom. The number of benzene rings is 1. The third kappa shape index (κ3) is 3.74. The molecule has 1 atom stereocenters. The maximum atomic E-state index is 9.74. The van der Waals surface area contributed by atoms with Crippen LogP contribution < -0.4 is 4.74 Å². The highest BCUT2D eigenvalue weighted by Gasteiger charge is 2.19. The van der Waals surface area contributed by atoms with Crippen molar-refractivity contribution in [2.75, 3.05) is 14.2 Å². The van der Waals surface area contributed by atoms with Crippen LogP contribution in [0.5, 0.6) is 5.75 Å². The largest absolute Gasteiger partial charge is 0.496 e. The highest BCUT2D eigenvalue weighted by Crippen LogP contribution is 2.27. The van der Waals surface area contributed by atoms with Crippen molar-refractivity contribution in [3.8, 4) is 5.75 Å². The first-order valence-electron chi connectivity index (χ1n) is 7.67. The van der Waals surface area contributed by atoms with Gasteiger partial charge in [-0.25, -0.2) is 0 Å². The molecule has 112 valence electrons. The fourth-order valence-electron chi connectivity index (χ4n) is 3.10. The molecule has 1 saturated carbocycles. The quantitative estimate of drug-likeness (QED) is 0.894. The number of hydrogen-bond donors (Lipinski definition) is 1. The van der Waals surface area contributed by atoms with Gasteiger partial charge in [-0.15, -0.1) is 0 Å². The summed E-state index contributed by atoms with van der Waals surface area (Å²) in [7, 11) is 3.91. The first-order chi connectivity index (χ1) is 9.61. The summed E-state index contributed by atoms with van der Waals surface area (Å²) < 4.78 is 5.46. The van der Waals surface area contributed by atoms with Gasteiger partial charge in [0.15, 0.2) is 0 Å². The van der Waals surface area contributed by atoms with Crippen molar-refractivity contribution >= 4 is 0 Å². The van der Waals surface area contributed by atoms with Crippen LogP contribution >= 0.6 is 0 Å². The average Bonchev–Trinajstić information content (AvgIpc) is 2.48. The predicted molar refractivity (Wildman–Crippen MR) is 82.0 cm³/mol. The van der Waals surface area contributed by atoms with Crippen LogP contribution in [0.4, 0.5) is 0 Å². The molecule has 1 aliphatic carbocycles. The van der Waals surface area contributed by atoms with E-state index in [9.17, 15) is 5.11 Å². The highest BCUT2D eigenvalue weighted by molar-refractivity contribution is 5.38. The molecule has 1 unspecified atom stereocenters. The fourth-order valence-corrected chi connectivity index (χ4v) is 3.10. The lowest BCUT2D eigenvalue weighted by atomic mass is 9.94. The number of rotatable bonds is 5. The van der Waals surface area contributed by atoms with Crippen LogP contribution in [0.25, 0.3) is 0 Å². The van der Waals surface area contributed by atoms with Crippen molar-refractivity contribution in [3.63, 3.8) is 0 Å². The third-order valence-electron chi connectivity index (χ3n) is 4.40. The van der Waals surface area contributed by atoms with Gasteiger partial charge in [-0.2, -0.15) is 0 Å². The summed E-state index contributed by atoms with van der Waals surface area (Å²) >= 11 is 0. The molecule has 0 aromatic heterocycles. The van der Waals surface area contributed by atoms with E-state index < -0.39 is 6.10 Å². The van der Waals surface area contributed by atoms with E-state index in [2.05, 4.69) is 18.0 Å². The summed E-state index contributed by atoms with van der Waals surface area (Å²) in [5.74, 6) is 0.914. The Labute approximate surface area is 122 Å². The van der Waals surface area contributed by atoms with E-state index in [4.69, 9.17) is 4.74 Å². The standard InChI is InChI=1S/C17H27NO2/c1-13(19)14-9-10-17(20-3)15(11-14)12-18(2)16-7-5-4-6-8-16/h9-11,13,16,19H,4-8,12H2,1-3H3. The van der Waals surface area contributed by atoms with Gasteiger partial charge in [0.2, 0.25) is 0 Å². The van der Waals surface area contributed by atoms with E-state index in [1.54, 1.807) is 14.0 Å². The summed E-state index contributed by atoms with van der Waals surface area (Å²) in [6, 6.07) is 6.66. The minimum absolute atomic E-state index is 0.431. The SMILES string of the molecule is COc1ccc(C(C)O)cc1CN(C)C1CCCCC1. The van der Waals surface area contributed by atoms with E-state index in [0.29, 0.717) is 6.04 Å². The summed E-state index contributed by atoms with van der Waals surface area (Å²) in [5.41, 5.74) is 2.12. The topological polar surface area (TPSA) is 32.7 Å². The van der Waals surface area contributed by atoms with Gasteiger partial charge in [-0.05, 0) is 44.5 Å². The maximum absolute atomic E-state index is 9.74. The van der Waals surface area contributed by atoms with Crippen LogP contribution in [0.1, 0.15) is 56.3 Å². The molecular formula is C17H27NO2. The Hall–Kier alpha value is -1.06. The van der Waals surface area contributed by atoms with Gasteiger partial charge < -0.3 is 9.84 Å². The van der Waals surface area contributed by atoms with Crippen LogP contribution in [0.15, 0.2) is 18.2 Å². The lowest BCUT2D eigenvalue weighted by molar-refractivity contribution is 0.181. The molecule has 0 aliphatic heterocycles. The van der Waals surface area contributed by atoms with Crippen LogP contribution in [-0.4, -0.2) is 30.2 Å². The molecule has 0 heterocycles. The summed E-state index contributed by atoms with van der Waals surface area (Å²) in [6.45, 7) is 2.69. The second kappa shape index (κ2) is 7.09. The molecule has 1 fully saturated rings. The zero-order valence-electron chi connectivity index (χ0n) is 12.9. The van der Waals surface area contributed by atoms with Gasteiger partial charge in [0, 0.05) is 18.2 Å². The zero-order valence-corrected chi connectivity index (χ0v) is 12.9. The molecule has 0 radical (unpaired) electrons. The molecule has 1 N–H and O–H groups in total. The minimum atomic E-state index is -0.431. The van der Waals surface area contributed by atoms with Crippen LogP contribution in [0.3, 0.4) is 0 Å². The van der Waals surface area contributed by atoms with Crippen molar-refractivity contribution in [1.82, 2.24) is 4.90 Å². The van der Waals surface area contributed by atoms with Crippen molar-refractivity contribution in [3.05, 3.63) is 29.3 Å². The van der Waals surface area contributed by atoms with Gasteiger partial charge in [-0.3, -0.25) is 4.90 Å². The maximum Gasteiger partial charge on any atom is 0.123 e. The molecule has 0 spiro atoms. The Morgan fingerprint density at radius 3 is 2.60 bits per heavy atom. The molecular weight excluding hydrogens is 250 g/mol. The van der Waals surface area contributed by atoms with E-state index in [1.165, 1.54) is 37.7 Å². The Kier molecular flexibility index (Phi) is 5.44. The summed E-state index contributed by atoms with van der Waals surface area (Å²) in [4.78, 5) is 2.43. The smallest absolute Gasteiger partial charge is 0.123 e. The van der Waals surface area contributed by atoms with Crippen LogP contribution in [-0.2, 0) is 6.54 Å². The van der Waals surface area contributed by atoms with Gasteiger partial charge in [-0.1, -0.05) is 25.3 Å². The number of ether oxygens (including phenoxy) is 1. The lowest BCUT2D eigenvalue weighted by Crippen LogP contribution is -2.33. The Balaban J connectivity index is 2.11. The van der Waals surface area contributed by atoms with Crippen LogP contribution in [0.2, 0.25) is 0 Å². The second-order valence-corrected chi connectivity index (χ2v) is 5.95. The van der Waals surface area contributed by atoms with Gasteiger partial charge in [0.1, 0.15) is 5.75 Å². The van der Waals surface area contributed by atoms with Crippen molar-refractivity contribution in [1.29, 1.82) is 0 Å². The average molecular weight is 277 g/mol. The molecule has 1 aliphatic rings. The van der Waals surface area contributed by atoms with E-state index in [1.807, 2.05) is 12.1 Å². The number of aliphatic hydroxyl groups excluding tert-OH is 1. The molecule has 3 heteroatoms. The van der Waals surface area contributed by atoms with Gasteiger partial charge in [0.25, 0.3) is 0 Å². The highest BCUT2D eigenvalue weighted by atomic mass is 16.5. The monoisotopic (exact) mass is 277 g/mol. The molecule has 0 bridgehead atoms. The Morgan fingerprint density at radius 2 is 2.00 bits per heavy atom. The van der Waals surface area contributed by atoms with Gasteiger partial charge >= 0.3 is 0 Å². The fraction of sp³-hybridized carbons (Fsp3) is 0.647. The second-order valence-electron chi connectivity index (χ2n) is 5.95. The lowest BCUT2D eigenvalue weighted by Gasteiger charge is -2.31. The molecule has 1 aromatic rings. The van der Waals surface area contributed by atoms with E-state index in [-0.39, 0.29) is 0 Å². The van der Waals surface area contributed by atoms with Crippen molar-refractivity contribution < 1.29 is 9.84 Å². The first-order valence-corrected chi connectivity index (χ1v) is 7.67. The predicted octanol–water partition coefficient (Wildman–Crippen LogP) is 3.51. The molecule has 3 nitrogen and oxygen atoms in total. The minimum Gasteiger partial charge on any atom is -0.496 e. The normalized spacial score (nSPS) is 18.2. The summed E-state index contributed by atoms with van der Waals surface area (Å²) in [6.07, 6.45) is 6.24. The number of methoxy groups -OCH3 is 1.